The monoisotopic (exact) mass is 299 g/mol. The van der Waals surface area contributed by atoms with Gasteiger partial charge in [0.15, 0.2) is 0 Å². The lowest BCUT2D eigenvalue weighted by atomic mass is 10.1. The number of H-pyrrole nitrogens is 1. The number of nitrogens with one attached hydrogen (secondary N) is 1. The molecule has 6 nitrogen and oxygen atoms in total. The zero-order valence-electron chi connectivity index (χ0n) is 10.8. The van der Waals surface area contributed by atoms with Crippen LogP contribution in [-0.4, -0.2) is 39.3 Å². The van der Waals surface area contributed by atoms with E-state index in [4.69, 9.17) is 16.9 Å². The van der Waals surface area contributed by atoms with Crippen LogP contribution in [0.25, 0.3) is 21.9 Å². The van der Waals surface area contributed by atoms with Crippen molar-refractivity contribution in [3.63, 3.8) is 0 Å². The van der Waals surface area contributed by atoms with Gasteiger partial charge < -0.3 is 15.0 Å². The molecule has 7 heteroatoms. The van der Waals surface area contributed by atoms with Crippen LogP contribution < -0.4 is 4.90 Å². The van der Waals surface area contributed by atoms with Crippen LogP contribution >= 0.6 is 11.6 Å². The molecule has 4 rings (SSSR count). The lowest BCUT2D eigenvalue weighted by Crippen LogP contribution is -2.51. The molecule has 3 aromatic rings. The average molecular weight is 300 g/mol. The van der Waals surface area contributed by atoms with Gasteiger partial charge in [-0.3, -0.25) is 0 Å². The fourth-order valence-corrected chi connectivity index (χ4v) is 2.99. The first kappa shape index (κ1) is 12.4. The molecule has 0 bridgehead atoms. The Kier molecular flexibility index (Phi) is 2.55. The summed E-state index contributed by atoms with van der Waals surface area (Å²) in [6, 6.07) is 3.77. The number of aliphatic hydroxyl groups excluding tert-OH is 1. The van der Waals surface area contributed by atoms with Gasteiger partial charge in [0, 0.05) is 18.5 Å². The quantitative estimate of drug-likeness (QED) is 0.715. The van der Waals surface area contributed by atoms with Crippen molar-refractivity contribution in [2.24, 2.45) is 0 Å². The Bertz CT molecular complexity index is 907. The van der Waals surface area contributed by atoms with E-state index in [0.717, 1.165) is 22.0 Å². The van der Waals surface area contributed by atoms with Gasteiger partial charge in [0.25, 0.3) is 0 Å². The standard InChI is InChI=1S/C14H10ClN5O/c15-10-3-18-14-12(13(10)20-5-8(21)6-20)9-1-7(2-16)17-4-11(9)19-14/h1,3-4,8,21H,5-6H2,(H,18,19). The minimum atomic E-state index is -0.328. The molecule has 0 saturated carbocycles. The molecule has 21 heavy (non-hydrogen) atoms. The lowest BCUT2D eigenvalue weighted by molar-refractivity contribution is 0.142. The molecule has 1 saturated heterocycles. The Morgan fingerprint density at radius 3 is 2.90 bits per heavy atom. The Hall–Kier alpha value is -2.36. The second-order valence-corrected chi connectivity index (χ2v) is 5.50. The van der Waals surface area contributed by atoms with E-state index in [1.807, 2.05) is 11.0 Å². The Morgan fingerprint density at radius 2 is 2.19 bits per heavy atom. The molecule has 1 fully saturated rings. The largest absolute Gasteiger partial charge is 0.389 e. The highest BCUT2D eigenvalue weighted by Crippen LogP contribution is 2.39. The molecule has 1 aliphatic rings. The van der Waals surface area contributed by atoms with Gasteiger partial charge in [0.05, 0.1) is 40.1 Å². The van der Waals surface area contributed by atoms with E-state index in [0.29, 0.717) is 29.5 Å². The highest BCUT2D eigenvalue weighted by atomic mass is 35.5. The number of aromatic nitrogens is 3. The predicted octanol–water partition coefficient (Wildman–Crippen LogP) is 1.82. The molecule has 2 N–H and O–H groups in total. The number of rotatable bonds is 1. The van der Waals surface area contributed by atoms with E-state index in [1.165, 1.54) is 0 Å². The zero-order chi connectivity index (χ0) is 14.6. The second-order valence-electron chi connectivity index (χ2n) is 5.09. The van der Waals surface area contributed by atoms with Gasteiger partial charge in [0.2, 0.25) is 0 Å². The molecule has 0 unspecified atom stereocenters. The summed E-state index contributed by atoms with van der Waals surface area (Å²) in [6.07, 6.45) is 2.89. The number of aliphatic hydroxyl groups is 1. The van der Waals surface area contributed by atoms with Crippen LogP contribution in [0.3, 0.4) is 0 Å². The van der Waals surface area contributed by atoms with Gasteiger partial charge in [0.1, 0.15) is 17.4 Å². The number of fused-ring (bicyclic) bond motifs is 3. The van der Waals surface area contributed by atoms with Crippen molar-refractivity contribution in [1.29, 1.82) is 5.26 Å². The minimum absolute atomic E-state index is 0.328. The summed E-state index contributed by atoms with van der Waals surface area (Å²) >= 11 is 6.31. The number of aromatic amines is 1. The molecule has 0 aliphatic carbocycles. The predicted molar refractivity (Wildman–Crippen MR) is 79.3 cm³/mol. The maximum atomic E-state index is 9.53. The summed E-state index contributed by atoms with van der Waals surface area (Å²) in [5.74, 6) is 0. The average Bonchev–Trinajstić information content (AvgIpc) is 2.82. The Balaban J connectivity index is 2.06. The van der Waals surface area contributed by atoms with Gasteiger partial charge in [-0.2, -0.15) is 5.26 Å². The SMILES string of the molecule is N#Cc1cc2c(cn1)[nH]c1ncc(Cl)c(N3CC(O)C3)c12. The molecule has 0 atom stereocenters. The van der Waals surface area contributed by atoms with Crippen molar-refractivity contribution in [2.45, 2.75) is 6.10 Å². The summed E-state index contributed by atoms with van der Waals surface area (Å²) in [5.41, 5.74) is 2.69. The molecule has 0 amide bonds. The van der Waals surface area contributed by atoms with Gasteiger partial charge in [-0.15, -0.1) is 0 Å². The highest BCUT2D eigenvalue weighted by Gasteiger charge is 2.29. The van der Waals surface area contributed by atoms with E-state index < -0.39 is 0 Å². The second kappa shape index (κ2) is 4.32. The molecular weight excluding hydrogens is 290 g/mol. The third kappa shape index (κ3) is 1.75. The summed E-state index contributed by atoms with van der Waals surface area (Å²) < 4.78 is 0. The number of halogens is 1. The van der Waals surface area contributed by atoms with Crippen molar-refractivity contribution >= 4 is 39.2 Å². The Labute approximate surface area is 124 Å². The third-order valence-corrected chi connectivity index (χ3v) is 4.00. The molecule has 104 valence electrons. The van der Waals surface area contributed by atoms with Crippen LogP contribution in [0.15, 0.2) is 18.5 Å². The number of nitriles is 1. The number of nitrogens with zero attached hydrogens (tertiary/aromatic N) is 4. The first-order valence-electron chi connectivity index (χ1n) is 6.46. The van der Waals surface area contributed by atoms with Crippen molar-refractivity contribution < 1.29 is 5.11 Å². The zero-order valence-corrected chi connectivity index (χ0v) is 11.6. The maximum absolute atomic E-state index is 9.53. The van der Waals surface area contributed by atoms with Gasteiger partial charge in [-0.1, -0.05) is 11.6 Å². The minimum Gasteiger partial charge on any atom is -0.389 e. The van der Waals surface area contributed by atoms with Crippen LogP contribution in [0.5, 0.6) is 0 Å². The normalized spacial score (nSPS) is 15.4. The number of pyridine rings is 2. The van der Waals surface area contributed by atoms with Crippen LogP contribution in [-0.2, 0) is 0 Å². The topological polar surface area (TPSA) is 88.8 Å². The first-order valence-corrected chi connectivity index (χ1v) is 6.84. The van der Waals surface area contributed by atoms with E-state index in [2.05, 4.69) is 15.0 Å². The molecular formula is C14H10ClN5O. The van der Waals surface area contributed by atoms with Crippen LogP contribution in [0.1, 0.15) is 5.69 Å². The molecule has 3 aromatic heterocycles. The van der Waals surface area contributed by atoms with Crippen LogP contribution in [0.4, 0.5) is 5.69 Å². The smallest absolute Gasteiger partial charge is 0.141 e. The summed E-state index contributed by atoms with van der Waals surface area (Å²) in [5, 5.41) is 20.8. The lowest BCUT2D eigenvalue weighted by Gasteiger charge is -2.38. The van der Waals surface area contributed by atoms with Crippen molar-refractivity contribution in [1.82, 2.24) is 15.0 Å². The molecule has 1 aliphatic heterocycles. The van der Waals surface area contributed by atoms with E-state index in [9.17, 15) is 5.11 Å². The fourth-order valence-electron chi connectivity index (χ4n) is 2.73. The first-order chi connectivity index (χ1) is 10.2. The number of anilines is 1. The van der Waals surface area contributed by atoms with Crippen LogP contribution in [0, 0.1) is 11.3 Å². The van der Waals surface area contributed by atoms with Gasteiger partial charge >= 0.3 is 0 Å². The number of hydrogen-bond acceptors (Lipinski definition) is 5. The summed E-state index contributed by atoms with van der Waals surface area (Å²) in [4.78, 5) is 13.6. The maximum Gasteiger partial charge on any atom is 0.141 e. The molecule has 4 heterocycles. The van der Waals surface area contributed by atoms with Gasteiger partial charge in [-0.05, 0) is 6.07 Å². The van der Waals surface area contributed by atoms with Crippen molar-refractivity contribution in [3.8, 4) is 6.07 Å². The van der Waals surface area contributed by atoms with E-state index in [1.54, 1.807) is 18.5 Å². The highest BCUT2D eigenvalue weighted by molar-refractivity contribution is 6.35. The molecule has 0 spiro atoms. The third-order valence-electron chi connectivity index (χ3n) is 3.73. The number of hydrogen-bond donors (Lipinski definition) is 2. The van der Waals surface area contributed by atoms with E-state index in [-0.39, 0.29) is 6.10 Å². The summed E-state index contributed by atoms with van der Waals surface area (Å²) in [6.45, 7) is 1.09. The molecule has 0 aromatic carbocycles. The van der Waals surface area contributed by atoms with Gasteiger partial charge in [-0.25, -0.2) is 9.97 Å². The summed E-state index contributed by atoms with van der Waals surface area (Å²) in [7, 11) is 0. The fraction of sp³-hybridized carbons (Fsp3) is 0.214. The van der Waals surface area contributed by atoms with Crippen molar-refractivity contribution in [3.05, 3.63) is 29.2 Å². The van der Waals surface area contributed by atoms with Crippen LogP contribution in [0.2, 0.25) is 5.02 Å². The van der Waals surface area contributed by atoms with Crippen molar-refractivity contribution in [2.75, 3.05) is 18.0 Å². The Morgan fingerprint density at radius 1 is 1.38 bits per heavy atom. The number of β-amino-alcohol motifs (C(OH)–C–C–N with tert-alkyl or cyclic N) is 1. The molecule has 0 radical (unpaired) electrons. The van der Waals surface area contributed by atoms with E-state index >= 15 is 0 Å².